The lowest BCUT2D eigenvalue weighted by molar-refractivity contribution is -0.143. The summed E-state index contributed by atoms with van der Waals surface area (Å²) in [4.78, 5) is 49.6. The number of nitrogens with one attached hydrogen (secondary N) is 1. The Kier molecular flexibility index (Phi) is 5.56. The van der Waals surface area contributed by atoms with E-state index in [1.54, 1.807) is 25.1 Å². The number of imide groups is 2. The van der Waals surface area contributed by atoms with Gasteiger partial charge in [0.15, 0.2) is 0 Å². The van der Waals surface area contributed by atoms with Gasteiger partial charge in [-0.1, -0.05) is 31.0 Å². The minimum absolute atomic E-state index is 0.172. The number of carbonyl (C=O) groups is 4. The Hall–Kier alpha value is -2.41. The van der Waals surface area contributed by atoms with Crippen LogP contribution in [0.15, 0.2) is 18.2 Å². The molecule has 1 aromatic rings. The predicted octanol–water partition coefficient (Wildman–Crippen LogP) is 2.18. The summed E-state index contributed by atoms with van der Waals surface area (Å²) < 4.78 is 0. The Morgan fingerprint density at radius 3 is 2.50 bits per heavy atom. The van der Waals surface area contributed by atoms with Crippen LogP contribution in [0.25, 0.3) is 0 Å². The summed E-state index contributed by atoms with van der Waals surface area (Å²) in [5, 5.41) is 3.08. The van der Waals surface area contributed by atoms with Crippen molar-refractivity contribution in [2.24, 2.45) is 0 Å². The molecule has 128 valence electrons. The molecule has 24 heavy (non-hydrogen) atoms. The van der Waals surface area contributed by atoms with Crippen molar-refractivity contribution < 1.29 is 19.2 Å². The first-order valence-electron chi connectivity index (χ1n) is 7.59. The van der Waals surface area contributed by atoms with Crippen LogP contribution in [0.1, 0.15) is 25.3 Å². The normalized spacial score (nSPS) is 14.5. The van der Waals surface area contributed by atoms with E-state index >= 15 is 0 Å². The smallest absolute Gasteiger partial charge is 0.324 e. The summed E-state index contributed by atoms with van der Waals surface area (Å²) in [6.07, 6.45) is 1.38. The van der Waals surface area contributed by atoms with E-state index in [1.165, 1.54) is 0 Å². The largest absolute Gasteiger partial charge is 0.334 e. The van der Waals surface area contributed by atoms with Gasteiger partial charge in [0, 0.05) is 17.3 Å². The van der Waals surface area contributed by atoms with Gasteiger partial charge in [0.1, 0.15) is 6.54 Å². The molecule has 1 N–H and O–H groups in total. The van der Waals surface area contributed by atoms with E-state index in [0.29, 0.717) is 27.6 Å². The molecule has 0 saturated carbocycles. The fourth-order valence-electron chi connectivity index (χ4n) is 2.28. The molecule has 1 saturated heterocycles. The fourth-order valence-corrected chi connectivity index (χ4v) is 2.45. The van der Waals surface area contributed by atoms with Crippen molar-refractivity contribution in [2.45, 2.75) is 26.7 Å². The van der Waals surface area contributed by atoms with Crippen LogP contribution in [0, 0.1) is 6.92 Å². The maximum Gasteiger partial charge on any atom is 0.334 e. The highest BCUT2D eigenvalue weighted by Gasteiger charge is 2.44. The lowest BCUT2D eigenvalue weighted by Crippen LogP contribution is -2.39. The van der Waals surface area contributed by atoms with Crippen LogP contribution in [-0.2, 0) is 14.4 Å². The summed E-state index contributed by atoms with van der Waals surface area (Å²) in [5.74, 6) is -2.44. The minimum Gasteiger partial charge on any atom is -0.324 e. The second-order valence-corrected chi connectivity index (χ2v) is 5.85. The van der Waals surface area contributed by atoms with Crippen LogP contribution < -0.4 is 5.32 Å². The Balaban J connectivity index is 2.06. The molecular weight excluding hydrogens is 334 g/mol. The minimum atomic E-state index is -0.978. The highest BCUT2D eigenvalue weighted by molar-refractivity contribution is 6.45. The molecular formula is C16H18ClN3O4. The molecule has 8 heteroatoms. The highest BCUT2D eigenvalue weighted by Crippen LogP contribution is 2.23. The zero-order valence-corrected chi connectivity index (χ0v) is 14.2. The van der Waals surface area contributed by atoms with E-state index < -0.39 is 30.3 Å². The molecule has 5 amide bonds. The molecule has 0 unspecified atom stereocenters. The number of carbonyl (C=O) groups excluding carboxylic acids is 4. The Bertz CT molecular complexity index is 705. The molecule has 1 aliphatic heterocycles. The molecule has 1 fully saturated rings. The quantitative estimate of drug-likeness (QED) is 0.628. The van der Waals surface area contributed by atoms with Gasteiger partial charge in [-0.25, -0.2) is 9.69 Å². The Labute approximate surface area is 144 Å². The molecule has 0 spiro atoms. The van der Waals surface area contributed by atoms with Gasteiger partial charge >= 0.3 is 17.8 Å². The number of unbranched alkanes of at least 4 members (excludes halogenated alkanes) is 1. The molecule has 0 radical (unpaired) electrons. The first kappa shape index (κ1) is 17.9. The summed E-state index contributed by atoms with van der Waals surface area (Å²) in [5.41, 5.74) is 1.16. The Morgan fingerprint density at radius 2 is 1.83 bits per heavy atom. The van der Waals surface area contributed by atoms with E-state index in [4.69, 9.17) is 11.6 Å². The SMILES string of the molecule is CCCCN1C(=O)C(=O)N(CC(=O)Nc2cccc(Cl)c2C)C1=O. The number of rotatable bonds is 6. The van der Waals surface area contributed by atoms with Crippen LogP contribution in [0.2, 0.25) is 5.02 Å². The second kappa shape index (κ2) is 7.44. The summed E-state index contributed by atoms with van der Waals surface area (Å²) >= 11 is 5.98. The van der Waals surface area contributed by atoms with Crippen LogP contribution >= 0.6 is 11.6 Å². The van der Waals surface area contributed by atoms with E-state index in [9.17, 15) is 19.2 Å². The molecule has 0 atom stereocenters. The fraction of sp³-hybridized carbons (Fsp3) is 0.375. The molecule has 1 heterocycles. The third kappa shape index (κ3) is 3.56. The van der Waals surface area contributed by atoms with Crippen molar-refractivity contribution in [3.05, 3.63) is 28.8 Å². The van der Waals surface area contributed by atoms with Gasteiger partial charge in [-0.15, -0.1) is 0 Å². The number of hydrogen-bond acceptors (Lipinski definition) is 4. The summed E-state index contributed by atoms with van der Waals surface area (Å²) in [6, 6.07) is 4.26. The average Bonchev–Trinajstić information content (AvgIpc) is 2.74. The number of nitrogens with zero attached hydrogens (tertiary/aromatic N) is 2. The highest BCUT2D eigenvalue weighted by atomic mass is 35.5. The van der Waals surface area contributed by atoms with Crippen LogP contribution in [0.3, 0.4) is 0 Å². The zero-order valence-electron chi connectivity index (χ0n) is 13.5. The first-order valence-corrected chi connectivity index (χ1v) is 7.97. The third-order valence-electron chi connectivity index (χ3n) is 3.71. The van der Waals surface area contributed by atoms with E-state index in [-0.39, 0.29) is 6.54 Å². The number of amides is 5. The predicted molar refractivity (Wildman–Crippen MR) is 88.5 cm³/mol. The molecule has 0 bridgehead atoms. The standard InChI is InChI=1S/C16H18ClN3O4/c1-3-4-8-19-14(22)15(23)20(16(19)24)9-13(21)18-12-7-5-6-11(17)10(12)2/h5-7H,3-4,8-9H2,1-2H3,(H,18,21). The van der Waals surface area contributed by atoms with Crippen molar-refractivity contribution in [1.82, 2.24) is 9.80 Å². The second-order valence-electron chi connectivity index (χ2n) is 5.44. The lowest BCUT2D eigenvalue weighted by atomic mass is 10.2. The van der Waals surface area contributed by atoms with Gasteiger partial charge < -0.3 is 5.32 Å². The van der Waals surface area contributed by atoms with Crippen LogP contribution in [0.4, 0.5) is 10.5 Å². The van der Waals surface area contributed by atoms with E-state index in [1.807, 2.05) is 6.92 Å². The molecule has 7 nitrogen and oxygen atoms in total. The van der Waals surface area contributed by atoms with Crippen LogP contribution in [-0.4, -0.2) is 46.6 Å². The van der Waals surface area contributed by atoms with Gasteiger partial charge in [0.2, 0.25) is 5.91 Å². The number of halogens is 1. The molecule has 1 aromatic carbocycles. The monoisotopic (exact) mass is 351 g/mol. The maximum atomic E-state index is 12.2. The van der Waals surface area contributed by atoms with Crippen LogP contribution in [0.5, 0.6) is 0 Å². The number of benzene rings is 1. The third-order valence-corrected chi connectivity index (χ3v) is 4.12. The van der Waals surface area contributed by atoms with Crippen molar-refractivity contribution in [3.8, 4) is 0 Å². The topological polar surface area (TPSA) is 86.8 Å². The maximum absolute atomic E-state index is 12.2. The molecule has 0 aromatic heterocycles. The van der Waals surface area contributed by atoms with Crippen molar-refractivity contribution in [3.63, 3.8) is 0 Å². The average molecular weight is 352 g/mol. The van der Waals surface area contributed by atoms with Gasteiger partial charge in [-0.2, -0.15) is 0 Å². The van der Waals surface area contributed by atoms with E-state index in [0.717, 1.165) is 11.3 Å². The lowest BCUT2D eigenvalue weighted by Gasteiger charge is -2.15. The number of hydrogen-bond donors (Lipinski definition) is 1. The summed E-state index contributed by atoms with van der Waals surface area (Å²) in [6.45, 7) is 3.30. The van der Waals surface area contributed by atoms with Gasteiger partial charge in [0.25, 0.3) is 0 Å². The molecule has 1 aliphatic rings. The van der Waals surface area contributed by atoms with Crippen molar-refractivity contribution in [1.29, 1.82) is 0 Å². The molecule has 2 rings (SSSR count). The Morgan fingerprint density at radius 1 is 1.17 bits per heavy atom. The van der Waals surface area contributed by atoms with E-state index in [2.05, 4.69) is 5.32 Å². The van der Waals surface area contributed by atoms with Gasteiger partial charge in [-0.05, 0) is 31.0 Å². The van der Waals surface area contributed by atoms with Crippen molar-refractivity contribution >= 4 is 41.0 Å². The van der Waals surface area contributed by atoms with Gasteiger partial charge in [0.05, 0.1) is 0 Å². The first-order chi connectivity index (χ1) is 11.4. The number of urea groups is 1. The van der Waals surface area contributed by atoms with Crippen molar-refractivity contribution in [2.75, 3.05) is 18.4 Å². The van der Waals surface area contributed by atoms with Gasteiger partial charge in [-0.3, -0.25) is 19.3 Å². The molecule has 0 aliphatic carbocycles. The zero-order chi connectivity index (χ0) is 17.9. The summed E-state index contributed by atoms with van der Waals surface area (Å²) in [7, 11) is 0. The number of anilines is 1.